The summed E-state index contributed by atoms with van der Waals surface area (Å²) in [6.45, 7) is 3.26. The van der Waals surface area contributed by atoms with Crippen LogP contribution in [0.15, 0.2) is 36.5 Å². The highest BCUT2D eigenvalue weighted by atomic mass is 14.9. The van der Waals surface area contributed by atoms with E-state index < -0.39 is 0 Å². The molecule has 1 aliphatic carbocycles. The molecule has 0 spiro atoms. The summed E-state index contributed by atoms with van der Waals surface area (Å²) in [6, 6.07) is 11.5. The summed E-state index contributed by atoms with van der Waals surface area (Å²) >= 11 is 0. The van der Waals surface area contributed by atoms with E-state index in [1.807, 2.05) is 6.20 Å². The number of likely N-dealkylation sites (N-methyl/N-ethyl adjacent to an activating group) is 1. The van der Waals surface area contributed by atoms with Crippen molar-refractivity contribution in [1.29, 1.82) is 0 Å². The molecule has 1 N–H and O–H groups in total. The summed E-state index contributed by atoms with van der Waals surface area (Å²) in [7, 11) is 0. The molecule has 100 valence electrons. The average Bonchev–Trinajstić information content (AvgIpc) is 2.48. The molecule has 1 saturated carbocycles. The van der Waals surface area contributed by atoms with Crippen molar-refractivity contribution >= 4 is 10.9 Å². The van der Waals surface area contributed by atoms with Crippen LogP contribution in [0, 0.1) is 0 Å². The van der Waals surface area contributed by atoms with Gasteiger partial charge < -0.3 is 5.32 Å². The number of nitrogens with one attached hydrogen (secondary N) is 1. The second kappa shape index (κ2) is 5.70. The van der Waals surface area contributed by atoms with Crippen LogP contribution in [-0.4, -0.2) is 17.6 Å². The van der Waals surface area contributed by atoms with Crippen molar-refractivity contribution in [3.8, 4) is 0 Å². The zero-order valence-electron chi connectivity index (χ0n) is 11.6. The van der Waals surface area contributed by atoms with E-state index in [1.165, 1.54) is 36.6 Å². The fourth-order valence-corrected chi connectivity index (χ4v) is 3.46. The van der Waals surface area contributed by atoms with Crippen molar-refractivity contribution in [2.75, 3.05) is 6.54 Å². The Hall–Kier alpha value is -1.41. The molecule has 1 aromatic carbocycles. The van der Waals surface area contributed by atoms with Gasteiger partial charge in [-0.15, -0.1) is 0 Å². The van der Waals surface area contributed by atoms with Gasteiger partial charge in [-0.2, -0.15) is 0 Å². The number of pyridine rings is 1. The molecule has 0 saturated heterocycles. The maximum atomic E-state index is 4.49. The number of hydrogen-bond acceptors (Lipinski definition) is 2. The molecule has 19 heavy (non-hydrogen) atoms. The first-order valence-electron chi connectivity index (χ1n) is 7.47. The van der Waals surface area contributed by atoms with Gasteiger partial charge in [-0.25, -0.2) is 0 Å². The van der Waals surface area contributed by atoms with Gasteiger partial charge in [0.25, 0.3) is 0 Å². The Labute approximate surface area is 115 Å². The fraction of sp³-hybridized carbons (Fsp3) is 0.471. The lowest BCUT2D eigenvalue weighted by atomic mass is 9.78. The van der Waals surface area contributed by atoms with Crippen LogP contribution in [0.5, 0.6) is 0 Å². The SMILES string of the molecule is CCNC1CCCCC1c1cccc2ncccc12. The molecule has 1 aliphatic rings. The van der Waals surface area contributed by atoms with Crippen molar-refractivity contribution in [3.05, 3.63) is 42.1 Å². The van der Waals surface area contributed by atoms with E-state index in [4.69, 9.17) is 0 Å². The first-order valence-corrected chi connectivity index (χ1v) is 7.47. The molecule has 0 amide bonds. The van der Waals surface area contributed by atoms with Gasteiger partial charge >= 0.3 is 0 Å². The van der Waals surface area contributed by atoms with E-state index in [0.29, 0.717) is 12.0 Å². The summed E-state index contributed by atoms with van der Waals surface area (Å²) in [6.07, 6.45) is 7.19. The van der Waals surface area contributed by atoms with Gasteiger partial charge in [-0.3, -0.25) is 4.98 Å². The van der Waals surface area contributed by atoms with E-state index in [9.17, 15) is 0 Å². The fourth-order valence-electron chi connectivity index (χ4n) is 3.46. The summed E-state index contributed by atoms with van der Waals surface area (Å²) in [5.74, 6) is 0.640. The van der Waals surface area contributed by atoms with Crippen LogP contribution in [0.1, 0.15) is 44.1 Å². The number of benzene rings is 1. The van der Waals surface area contributed by atoms with Crippen molar-refractivity contribution in [2.24, 2.45) is 0 Å². The van der Waals surface area contributed by atoms with E-state index in [2.05, 4.69) is 47.6 Å². The molecule has 2 unspecified atom stereocenters. The van der Waals surface area contributed by atoms with Crippen molar-refractivity contribution in [3.63, 3.8) is 0 Å². The second-order valence-corrected chi connectivity index (χ2v) is 5.47. The quantitative estimate of drug-likeness (QED) is 0.899. The standard InChI is InChI=1S/C17H22N2/c1-2-18-16-10-4-3-7-14(16)13-8-5-11-17-15(13)9-6-12-19-17/h5-6,8-9,11-12,14,16,18H,2-4,7,10H2,1H3. The Kier molecular flexibility index (Phi) is 3.79. The molecule has 3 rings (SSSR count). The third-order valence-electron chi connectivity index (χ3n) is 4.31. The zero-order valence-corrected chi connectivity index (χ0v) is 11.6. The first-order chi connectivity index (χ1) is 9.40. The van der Waals surface area contributed by atoms with Gasteiger partial charge in [0.1, 0.15) is 0 Å². The Balaban J connectivity index is 2.02. The predicted molar refractivity (Wildman–Crippen MR) is 80.4 cm³/mol. The molecule has 2 heteroatoms. The van der Waals surface area contributed by atoms with E-state index in [1.54, 1.807) is 0 Å². The van der Waals surface area contributed by atoms with Crippen LogP contribution in [0.25, 0.3) is 10.9 Å². The third kappa shape index (κ3) is 2.50. The lowest BCUT2D eigenvalue weighted by Crippen LogP contribution is -2.37. The van der Waals surface area contributed by atoms with Gasteiger partial charge in [0.05, 0.1) is 5.52 Å². The van der Waals surface area contributed by atoms with E-state index >= 15 is 0 Å². The topological polar surface area (TPSA) is 24.9 Å². The molecular weight excluding hydrogens is 232 g/mol. The maximum absolute atomic E-state index is 4.49. The smallest absolute Gasteiger partial charge is 0.0704 e. The van der Waals surface area contributed by atoms with Crippen LogP contribution < -0.4 is 5.32 Å². The van der Waals surface area contributed by atoms with E-state index in [-0.39, 0.29) is 0 Å². The largest absolute Gasteiger partial charge is 0.314 e. The van der Waals surface area contributed by atoms with Crippen molar-refractivity contribution < 1.29 is 0 Å². The van der Waals surface area contributed by atoms with Gasteiger partial charge in [0.15, 0.2) is 0 Å². The summed E-state index contributed by atoms with van der Waals surface area (Å²) < 4.78 is 0. The van der Waals surface area contributed by atoms with Crippen LogP contribution in [0.2, 0.25) is 0 Å². The Morgan fingerprint density at radius 1 is 1.16 bits per heavy atom. The van der Waals surface area contributed by atoms with Gasteiger partial charge in [-0.05, 0) is 43.0 Å². The summed E-state index contributed by atoms with van der Waals surface area (Å²) in [5, 5.41) is 5.01. The molecule has 1 fully saturated rings. The molecule has 1 heterocycles. The summed E-state index contributed by atoms with van der Waals surface area (Å²) in [4.78, 5) is 4.49. The molecule has 2 atom stereocenters. The van der Waals surface area contributed by atoms with Crippen molar-refractivity contribution in [2.45, 2.75) is 44.6 Å². The molecular formula is C17H22N2. The number of nitrogens with zero attached hydrogens (tertiary/aromatic N) is 1. The Morgan fingerprint density at radius 3 is 2.95 bits per heavy atom. The first kappa shape index (κ1) is 12.6. The van der Waals surface area contributed by atoms with Crippen LogP contribution in [0.4, 0.5) is 0 Å². The monoisotopic (exact) mass is 254 g/mol. The number of aromatic nitrogens is 1. The molecule has 0 bridgehead atoms. The molecule has 0 radical (unpaired) electrons. The normalized spacial score (nSPS) is 23.6. The minimum Gasteiger partial charge on any atom is -0.314 e. The minimum atomic E-state index is 0.629. The highest BCUT2D eigenvalue weighted by molar-refractivity contribution is 5.82. The average molecular weight is 254 g/mol. The Morgan fingerprint density at radius 2 is 2.05 bits per heavy atom. The van der Waals surface area contributed by atoms with Gasteiger partial charge in [0.2, 0.25) is 0 Å². The van der Waals surface area contributed by atoms with Crippen molar-refractivity contribution in [1.82, 2.24) is 10.3 Å². The lowest BCUT2D eigenvalue weighted by molar-refractivity contribution is 0.334. The zero-order chi connectivity index (χ0) is 13.1. The molecule has 1 aromatic heterocycles. The number of hydrogen-bond donors (Lipinski definition) is 1. The lowest BCUT2D eigenvalue weighted by Gasteiger charge is -2.33. The number of fused-ring (bicyclic) bond motifs is 1. The highest BCUT2D eigenvalue weighted by Gasteiger charge is 2.26. The predicted octanol–water partition coefficient (Wildman–Crippen LogP) is 3.87. The summed E-state index contributed by atoms with van der Waals surface area (Å²) in [5.41, 5.74) is 2.61. The minimum absolute atomic E-state index is 0.629. The maximum Gasteiger partial charge on any atom is 0.0704 e. The Bertz CT molecular complexity index is 542. The van der Waals surface area contributed by atoms with Crippen LogP contribution in [-0.2, 0) is 0 Å². The second-order valence-electron chi connectivity index (χ2n) is 5.47. The molecule has 2 aromatic rings. The highest BCUT2D eigenvalue weighted by Crippen LogP contribution is 2.36. The molecule has 0 aliphatic heterocycles. The van der Waals surface area contributed by atoms with Gasteiger partial charge in [0, 0.05) is 17.6 Å². The van der Waals surface area contributed by atoms with Crippen LogP contribution >= 0.6 is 0 Å². The molecule has 2 nitrogen and oxygen atoms in total. The van der Waals surface area contributed by atoms with E-state index in [0.717, 1.165) is 12.1 Å². The number of rotatable bonds is 3. The third-order valence-corrected chi connectivity index (χ3v) is 4.31. The van der Waals surface area contributed by atoms with Gasteiger partial charge in [-0.1, -0.05) is 38.0 Å². The van der Waals surface area contributed by atoms with Crippen LogP contribution in [0.3, 0.4) is 0 Å².